The van der Waals surface area contributed by atoms with Crippen LogP contribution in [-0.2, 0) is 4.74 Å². The van der Waals surface area contributed by atoms with Crippen molar-refractivity contribution >= 4 is 11.6 Å². The molecule has 2 rings (SSSR count). The summed E-state index contributed by atoms with van der Waals surface area (Å²) in [5.41, 5.74) is 0. The third kappa shape index (κ3) is 7.08. The maximum Gasteiger partial charge on any atom is 0.119 e. The molecule has 0 bridgehead atoms. The fourth-order valence-corrected chi connectivity index (χ4v) is 3.39. The molecule has 0 radical (unpaired) electrons. The Balaban J connectivity index is 1.56. The van der Waals surface area contributed by atoms with E-state index in [0.717, 1.165) is 18.8 Å². The molecule has 3 atom stereocenters. The number of aliphatic hydroxyl groups is 1. The lowest BCUT2D eigenvalue weighted by Crippen LogP contribution is -2.43. The van der Waals surface area contributed by atoms with Crippen LogP contribution in [0.2, 0.25) is 5.02 Å². The monoisotopic (exact) mass is 341 g/mol. The zero-order valence-electron chi connectivity index (χ0n) is 14.1. The van der Waals surface area contributed by atoms with Gasteiger partial charge in [-0.1, -0.05) is 25.4 Å². The van der Waals surface area contributed by atoms with E-state index in [4.69, 9.17) is 21.1 Å². The molecule has 130 valence electrons. The van der Waals surface area contributed by atoms with Crippen LogP contribution in [0.1, 0.15) is 20.3 Å². The fraction of sp³-hybridized carbons (Fsp3) is 0.667. The smallest absolute Gasteiger partial charge is 0.119 e. The Hall–Kier alpha value is -0.810. The molecule has 1 aromatic rings. The van der Waals surface area contributed by atoms with Crippen molar-refractivity contribution in [1.29, 1.82) is 0 Å². The quantitative estimate of drug-likeness (QED) is 0.738. The first-order chi connectivity index (χ1) is 11.0. The van der Waals surface area contributed by atoms with Crippen LogP contribution < -0.4 is 4.74 Å². The third-order valence-electron chi connectivity index (χ3n) is 4.03. The van der Waals surface area contributed by atoms with Crippen molar-refractivity contribution < 1.29 is 14.6 Å². The van der Waals surface area contributed by atoms with Gasteiger partial charge in [0, 0.05) is 24.7 Å². The topological polar surface area (TPSA) is 41.9 Å². The predicted octanol–water partition coefficient (Wildman–Crippen LogP) is 3.07. The highest BCUT2D eigenvalue weighted by Crippen LogP contribution is 2.21. The van der Waals surface area contributed by atoms with Gasteiger partial charge in [-0.05, 0) is 42.5 Å². The van der Waals surface area contributed by atoms with E-state index in [1.807, 2.05) is 12.1 Å². The second kappa shape index (κ2) is 9.48. The summed E-state index contributed by atoms with van der Waals surface area (Å²) >= 11 is 5.82. The normalized spacial score (nSPS) is 23.7. The molecule has 1 fully saturated rings. The lowest BCUT2D eigenvalue weighted by atomic mass is 9.92. The molecular formula is C18H28ClNO3. The van der Waals surface area contributed by atoms with Crippen LogP contribution in [0, 0.1) is 11.8 Å². The van der Waals surface area contributed by atoms with Gasteiger partial charge in [0.2, 0.25) is 0 Å². The molecule has 5 heteroatoms. The first-order valence-electron chi connectivity index (χ1n) is 8.39. The minimum absolute atomic E-state index is 0.350. The van der Waals surface area contributed by atoms with Gasteiger partial charge in [-0.25, -0.2) is 0 Å². The standard InChI is InChI=1S/C18H28ClNO3/c1-14-9-15(2)11-20(10-14)12-17(21)13-22-7-8-23-18-5-3-16(19)4-6-18/h3-6,14-15,17,21H,7-13H2,1-2H3/t14-,15-,17-/m0/s1. The van der Waals surface area contributed by atoms with Crippen LogP contribution in [0.25, 0.3) is 0 Å². The van der Waals surface area contributed by atoms with Crippen LogP contribution in [0.5, 0.6) is 5.75 Å². The number of ether oxygens (including phenoxy) is 2. The van der Waals surface area contributed by atoms with Gasteiger partial charge in [-0.3, -0.25) is 0 Å². The molecule has 0 spiro atoms. The minimum Gasteiger partial charge on any atom is -0.491 e. The van der Waals surface area contributed by atoms with Crippen LogP contribution in [-0.4, -0.2) is 55.6 Å². The van der Waals surface area contributed by atoms with Gasteiger partial charge < -0.3 is 19.5 Å². The molecule has 1 saturated heterocycles. The molecule has 1 aromatic carbocycles. The predicted molar refractivity (Wildman–Crippen MR) is 93.2 cm³/mol. The Morgan fingerprint density at radius 3 is 2.48 bits per heavy atom. The van der Waals surface area contributed by atoms with E-state index in [2.05, 4.69) is 18.7 Å². The largest absolute Gasteiger partial charge is 0.491 e. The zero-order valence-corrected chi connectivity index (χ0v) is 14.8. The van der Waals surface area contributed by atoms with Crippen molar-refractivity contribution in [2.75, 3.05) is 39.5 Å². The molecule has 0 amide bonds. The number of aliphatic hydroxyl groups excluding tert-OH is 1. The Morgan fingerprint density at radius 2 is 1.83 bits per heavy atom. The highest BCUT2D eigenvalue weighted by molar-refractivity contribution is 6.30. The highest BCUT2D eigenvalue weighted by Gasteiger charge is 2.23. The second-order valence-electron chi connectivity index (χ2n) is 6.70. The van der Waals surface area contributed by atoms with Gasteiger partial charge in [0.15, 0.2) is 0 Å². The molecular weight excluding hydrogens is 314 g/mol. The van der Waals surface area contributed by atoms with E-state index in [9.17, 15) is 5.11 Å². The third-order valence-corrected chi connectivity index (χ3v) is 4.29. The van der Waals surface area contributed by atoms with Crippen LogP contribution >= 0.6 is 11.6 Å². The molecule has 0 aliphatic carbocycles. The lowest BCUT2D eigenvalue weighted by molar-refractivity contribution is -0.00211. The van der Waals surface area contributed by atoms with Crippen molar-refractivity contribution in [1.82, 2.24) is 4.90 Å². The molecule has 1 aliphatic rings. The fourth-order valence-electron chi connectivity index (χ4n) is 3.26. The van der Waals surface area contributed by atoms with Crippen molar-refractivity contribution in [2.24, 2.45) is 11.8 Å². The SMILES string of the molecule is C[C@H]1C[C@H](C)CN(C[C@H](O)COCCOc2ccc(Cl)cc2)C1. The van der Waals surface area contributed by atoms with Gasteiger partial charge >= 0.3 is 0 Å². The maximum atomic E-state index is 10.1. The number of β-amino-alcohol motifs (C(OH)–C–C–N with tert-alkyl or cyclic N) is 1. The number of likely N-dealkylation sites (tertiary alicyclic amines) is 1. The van der Waals surface area contributed by atoms with Crippen molar-refractivity contribution in [2.45, 2.75) is 26.4 Å². The first kappa shape index (κ1) is 18.5. The van der Waals surface area contributed by atoms with Crippen molar-refractivity contribution in [3.63, 3.8) is 0 Å². The van der Waals surface area contributed by atoms with Crippen molar-refractivity contribution in [3.8, 4) is 5.75 Å². The van der Waals surface area contributed by atoms with Gasteiger partial charge in [0.1, 0.15) is 12.4 Å². The molecule has 0 unspecified atom stereocenters. The maximum absolute atomic E-state index is 10.1. The highest BCUT2D eigenvalue weighted by atomic mass is 35.5. The van der Waals surface area contributed by atoms with E-state index >= 15 is 0 Å². The van der Waals surface area contributed by atoms with E-state index in [1.165, 1.54) is 6.42 Å². The number of hydrogen-bond donors (Lipinski definition) is 1. The summed E-state index contributed by atoms with van der Waals surface area (Å²) in [6.45, 7) is 8.66. The number of piperidine rings is 1. The summed E-state index contributed by atoms with van der Waals surface area (Å²) in [7, 11) is 0. The molecule has 4 nitrogen and oxygen atoms in total. The van der Waals surface area contributed by atoms with Gasteiger partial charge in [-0.15, -0.1) is 0 Å². The summed E-state index contributed by atoms with van der Waals surface area (Å²) in [5, 5.41) is 10.8. The molecule has 1 N–H and O–H groups in total. The minimum atomic E-state index is -0.442. The average Bonchev–Trinajstić information content (AvgIpc) is 2.47. The van der Waals surface area contributed by atoms with Gasteiger partial charge in [0.25, 0.3) is 0 Å². The van der Waals surface area contributed by atoms with Gasteiger partial charge in [0.05, 0.1) is 19.3 Å². The van der Waals surface area contributed by atoms with Crippen LogP contribution in [0.3, 0.4) is 0 Å². The van der Waals surface area contributed by atoms with Crippen LogP contribution in [0.4, 0.5) is 0 Å². The average molecular weight is 342 g/mol. The van der Waals surface area contributed by atoms with E-state index in [0.29, 0.717) is 43.2 Å². The molecule has 1 heterocycles. The summed E-state index contributed by atoms with van der Waals surface area (Å²) < 4.78 is 11.1. The van der Waals surface area contributed by atoms with E-state index in [-0.39, 0.29) is 0 Å². The molecule has 0 aromatic heterocycles. The van der Waals surface area contributed by atoms with E-state index in [1.54, 1.807) is 12.1 Å². The second-order valence-corrected chi connectivity index (χ2v) is 7.13. The first-order valence-corrected chi connectivity index (χ1v) is 8.77. The summed E-state index contributed by atoms with van der Waals surface area (Å²) in [6.07, 6.45) is 0.841. The Kier molecular flexibility index (Phi) is 7.63. The Bertz CT molecular complexity index is 444. The summed E-state index contributed by atoms with van der Waals surface area (Å²) in [6, 6.07) is 7.25. The number of rotatable bonds is 8. The molecule has 23 heavy (non-hydrogen) atoms. The number of benzene rings is 1. The number of halogens is 1. The number of nitrogens with zero attached hydrogens (tertiary/aromatic N) is 1. The van der Waals surface area contributed by atoms with Crippen molar-refractivity contribution in [3.05, 3.63) is 29.3 Å². The summed E-state index contributed by atoms with van der Waals surface area (Å²) in [5.74, 6) is 2.19. The van der Waals surface area contributed by atoms with Crippen LogP contribution in [0.15, 0.2) is 24.3 Å². The summed E-state index contributed by atoms with van der Waals surface area (Å²) in [4.78, 5) is 2.34. The molecule has 0 saturated carbocycles. The zero-order chi connectivity index (χ0) is 16.7. The Labute approximate surface area is 144 Å². The van der Waals surface area contributed by atoms with E-state index < -0.39 is 6.10 Å². The lowest BCUT2D eigenvalue weighted by Gasteiger charge is -2.35. The van der Waals surface area contributed by atoms with Gasteiger partial charge in [-0.2, -0.15) is 0 Å². The number of hydrogen-bond acceptors (Lipinski definition) is 4. The Morgan fingerprint density at radius 1 is 1.17 bits per heavy atom. The molecule has 1 aliphatic heterocycles.